The molecule has 6 heteroatoms. The van der Waals surface area contributed by atoms with Crippen LogP contribution in [0.2, 0.25) is 20.1 Å². The summed E-state index contributed by atoms with van der Waals surface area (Å²) in [6.45, 7) is 0. The Morgan fingerprint density at radius 1 is 0.941 bits per heavy atom. The van der Waals surface area contributed by atoms with E-state index in [0.717, 1.165) is 0 Å². The van der Waals surface area contributed by atoms with Gasteiger partial charge in [-0.3, -0.25) is 4.98 Å². The van der Waals surface area contributed by atoms with Crippen LogP contribution in [0.3, 0.4) is 0 Å². The predicted molar refractivity (Wildman–Crippen MR) is 69.7 cm³/mol. The Bertz CT molecular complexity index is 563. The van der Waals surface area contributed by atoms with Gasteiger partial charge in [-0.15, -0.1) is 0 Å². The zero-order chi connectivity index (χ0) is 12.6. The minimum absolute atomic E-state index is 0.120. The molecule has 1 heterocycles. The lowest BCUT2D eigenvalue weighted by Gasteiger charge is -2.06. The maximum atomic E-state index is 13.6. The molecule has 0 saturated heterocycles. The van der Waals surface area contributed by atoms with Crippen LogP contribution >= 0.6 is 46.4 Å². The minimum atomic E-state index is -0.549. The standard InChI is InChI=1S/C11H4Cl4FN/c12-6-3-9(16)11(17-4-6)5-1-7(13)10(15)8(14)2-5/h1-4H. The minimum Gasteiger partial charge on any atom is -0.252 e. The van der Waals surface area contributed by atoms with Gasteiger partial charge < -0.3 is 0 Å². The maximum Gasteiger partial charge on any atom is 0.150 e. The Morgan fingerprint density at radius 2 is 1.53 bits per heavy atom. The summed E-state index contributed by atoms with van der Waals surface area (Å²) >= 11 is 23.1. The van der Waals surface area contributed by atoms with Gasteiger partial charge in [-0.05, 0) is 18.2 Å². The predicted octanol–water partition coefficient (Wildman–Crippen LogP) is 5.50. The van der Waals surface area contributed by atoms with Crippen molar-refractivity contribution in [2.75, 3.05) is 0 Å². The van der Waals surface area contributed by atoms with Gasteiger partial charge in [-0.2, -0.15) is 0 Å². The largest absolute Gasteiger partial charge is 0.252 e. The molecule has 0 aliphatic rings. The van der Waals surface area contributed by atoms with E-state index in [1.807, 2.05) is 0 Å². The van der Waals surface area contributed by atoms with Crippen LogP contribution in [0.25, 0.3) is 11.3 Å². The molecule has 1 aromatic carbocycles. The van der Waals surface area contributed by atoms with Gasteiger partial charge in [-0.1, -0.05) is 46.4 Å². The summed E-state index contributed by atoms with van der Waals surface area (Å²) in [4.78, 5) is 3.89. The van der Waals surface area contributed by atoms with E-state index in [1.54, 1.807) is 0 Å². The second kappa shape index (κ2) is 4.99. The van der Waals surface area contributed by atoms with E-state index in [1.165, 1.54) is 24.4 Å². The molecule has 0 aliphatic carbocycles. The molecule has 2 rings (SSSR count). The topological polar surface area (TPSA) is 12.9 Å². The SMILES string of the molecule is Fc1cc(Cl)cnc1-c1cc(Cl)c(Cl)c(Cl)c1. The van der Waals surface area contributed by atoms with Gasteiger partial charge >= 0.3 is 0 Å². The number of hydrogen-bond acceptors (Lipinski definition) is 1. The smallest absolute Gasteiger partial charge is 0.150 e. The molecule has 2 aromatic rings. The van der Waals surface area contributed by atoms with Crippen molar-refractivity contribution in [1.82, 2.24) is 4.98 Å². The second-order valence-corrected chi connectivity index (χ2v) is 4.87. The lowest BCUT2D eigenvalue weighted by molar-refractivity contribution is 0.626. The van der Waals surface area contributed by atoms with Crippen molar-refractivity contribution in [3.63, 3.8) is 0 Å². The molecule has 17 heavy (non-hydrogen) atoms. The number of halogens is 5. The Morgan fingerprint density at radius 3 is 2.06 bits per heavy atom. The zero-order valence-electron chi connectivity index (χ0n) is 8.15. The van der Waals surface area contributed by atoms with Crippen LogP contribution in [-0.2, 0) is 0 Å². The fourth-order valence-electron chi connectivity index (χ4n) is 1.32. The van der Waals surface area contributed by atoms with Crippen LogP contribution in [0, 0.1) is 5.82 Å². The van der Waals surface area contributed by atoms with Gasteiger partial charge in [0.1, 0.15) is 5.69 Å². The van der Waals surface area contributed by atoms with Crippen molar-refractivity contribution in [3.8, 4) is 11.3 Å². The number of nitrogens with zero attached hydrogens (tertiary/aromatic N) is 1. The number of pyridine rings is 1. The van der Waals surface area contributed by atoms with Gasteiger partial charge in [0.05, 0.1) is 20.1 Å². The van der Waals surface area contributed by atoms with Gasteiger partial charge in [0.2, 0.25) is 0 Å². The highest BCUT2D eigenvalue weighted by molar-refractivity contribution is 6.48. The van der Waals surface area contributed by atoms with E-state index >= 15 is 0 Å². The van der Waals surface area contributed by atoms with Crippen molar-refractivity contribution < 1.29 is 4.39 Å². The lowest BCUT2D eigenvalue weighted by Crippen LogP contribution is -1.89. The highest BCUT2D eigenvalue weighted by Gasteiger charge is 2.12. The first-order valence-corrected chi connectivity index (χ1v) is 5.96. The first kappa shape index (κ1) is 12.9. The third kappa shape index (κ3) is 2.66. The molecule has 88 valence electrons. The lowest BCUT2D eigenvalue weighted by atomic mass is 10.1. The van der Waals surface area contributed by atoms with Crippen molar-refractivity contribution in [2.24, 2.45) is 0 Å². The first-order valence-electron chi connectivity index (χ1n) is 4.45. The average Bonchev–Trinajstić information content (AvgIpc) is 2.25. The quantitative estimate of drug-likeness (QED) is 0.634. The molecule has 0 aliphatic heterocycles. The highest BCUT2D eigenvalue weighted by Crippen LogP contribution is 2.35. The molecule has 0 atom stereocenters. The van der Waals surface area contributed by atoms with E-state index in [2.05, 4.69) is 4.98 Å². The molecule has 0 N–H and O–H groups in total. The molecular weight excluding hydrogens is 307 g/mol. The van der Waals surface area contributed by atoms with E-state index in [-0.39, 0.29) is 25.8 Å². The maximum absolute atomic E-state index is 13.6. The molecule has 0 fully saturated rings. The van der Waals surface area contributed by atoms with Gasteiger partial charge in [0.25, 0.3) is 0 Å². The van der Waals surface area contributed by atoms with Crippen LogP contribution in [0.5, 0.6) is 0 Å². The van der Waals surface area contributed by atoms with E-state index in [9.17, 15) is 4.39 Å². The third-order valence-electron chi connectivity index (χ3n) is 2.07. The number of rotatable bonds is 1. The third-order valence-corrected chi connectivity index (χ3v) is 3.47. The normalized spacial score (nSPS) is 10.6. The molecule has 0 spiro atoms. The number of hydrogen-bond donors (Lipinski definition) is 0. The molecule has 1 aromatic heterocycles. The number of benzene rings is 1. The molecule has 1 nitrogen and oxygen atoms in total. The summed E-state index contributed by atoms with van der Waals surface area (Å²) in [5.41, 5.74) is 0.563. The zero-order valence-corrected chi connectivity index (χ0v) is 11.2. The van der Waals surface area contributed by atoms with Crippen LogP contribution in [0.1, 0.15) is 0 Å². The second-order valence-electron chi connectivity index (χ2n) is 3.24. The van der Waals surface area contributed by atoms with Crippen molar-refractivity contribution in [2.45, 2.75) is 0 Å². The average molecular weight is 311 g/mol. The van der Waals surface area contributed by atoms with Crippen molar-refractivity contribution in [3.05, 3.63) is 50.3 Å². The number of aromatic nitrogens is 1. The summed E-state index contributed by atoms with van der Waals surface area (Å²) in [5, 5.41) is 0.930. The van der Waals surface area contributed by atoms with Gasteiger partial charge in [0, 0.05) is 11.8 Å². The molecule has 0 bridgehead atoms. The van der Waals surface area contributed by atoms with E-state index in [0.29, 0.717) is 5.56 Å². The van der Waals surface area contributed by atoms with Crippen molar-refractivity contribution >= 4 is 46.4 Å². The Hall–Kier alpha value is -0.540. The first-order chi connectivity index (χ1) is 7.99. The molecule has 0 saturated carbocycles. The Balaban J connectivity index is 2.61. The monoisotopic (exact) mass is 309 g/mol. The Kier molecular flexibility index (Phi) is 3.79. The van der Waals surface area contributed by atoms with Gasteiger partial charge in [0.15, 0.2) is 5.82 Å². The van der Waals surface area contributed by atoms with Gasteiger partial charge in [-0.25, -0.2) is 4.39 Å². The van der Waals surface area contributed by atoms with E-state index < -0.39 is 5.82 Å². The summed E-state index contributed by atoms with van der Waals surface area (Å²) in [6, 6.07) is 4.16. The summed E-state index contributed by atoms with van der Waals surface area (Å²) < 4.78 is 13.6. The van der Waals surface area contributed by atoms with Crippen LogP contribution in [0.4, 0.5) is 4.39 Å². The summed E-state index contributed by atoms with van der Waals surface area (Å²) in [6.07, 6.45) is 1.34. The van der Waals surface area contributed by atoms with Crippen LogP contribution in [-0.4, -0.2) is 4.98 Å². The molecule has 0 unspecified atom stereocenters. The molecule has 0 radical (unpaired) electrons. The van der Waals surface area contributed by atoms with Crippen LogP contribution < -0.4 is 0 Å². The molecule has 0 amide bonds. The molecular formula is C11H4Cl4FN. The summed E-state index contributed by atoms with van der Waals surface area (Å²) in [5.74, 6) is -0.549. The van der Waals surface area contributed by atoms with Crippen LogP contribution in [0.15, 0.2) is 24.4 Å². The van der Waals surface area contributed by atoms with Crippen molar-refractivity contribution in [1.29, 1.82) is 0 Å². The summed E-state index contributed by atoms with van der Waals surface area (Å²) in [7, 11) is 0. The highest BCUT2D eigenvalue weighted by atomic mass is 35.5. The fourth-order valence-corrected chi connectivity index (χ4v) is 2.06. The van der Waals surface area contributed by atoms with E-state index in [4.69, 9.17) is 46.4 Å². The Labute approximate surface area is 117 Å². The fraction of sp³-hybridized carbons (Fsp3) is 0.